The fraction of sp³-hybridized carbons (Fsp3) is 0.150. The number of carbonyl (C=O) groups excluding carboxylic acids is 3. The van der Waals surface area contributed by atoms with Gasteiger partial charge in [0, 0.05) is 22.7 Å². The van der Waals surface area contributed by atoms with E-state index >= 15 is 0 Å². The van der Waals surface area contributed by atoms with Crippen molar-refractivity contribution in [3.63, 3.8) is 0 Å². The Kier molecular flexibility index (Phi) is 5.30. The molecule has 0 radical (unpaired) electrons. The van der Waals surface area contributed by atoms with Gasteiger partial charge in [0.1, 0.15) is 12.4 Å². The third-order valence-corrected chi connectivity index (χ3v) is 4.04. The number of halogens is 1. The van der Waals surface area contributed by atoms with Gasteiger partial charge in [0.2, 0.25) is 5.78 Å². The molecule has 0 saturated carbocycles. The van der Waals surface area contributed by atoms with Gasteiger partial charge in [-0.05, 0) is 25.1 Å². The van der Waals surface area contributed by atoms with E-state index in [1.807, 2.05) is 18.2 Å². The van der Waals surface area contributed by atoms with Crippen LogP contribution in [0.2, 0.25) is 0 Å². The van der Waals surface area contributed by atoms with Crippen molar-refractivity contribution in [2.45, 2.75) is 13.0 Å². The summed E-state index contributed by atoms with van der Waals surface area (Å²) in [6, 6.07) is 12.7. The lowest BCUT2D eigenvalue weighted by Crippen LogP contribution is -2.34. The van der Waals surface area contributed by atoms with Gasteiger partial charge in [0.25, 0.3) is 5.91 Å². The van der Waals surface area contributed by atoms with Crippen LogP contribution in [-0.2, 0) is 9.53 Å². The molecule has 1 amide bonds. The molecule has 1 heterocycles. The molecule has 0 bridgehead atoms. The highest BCUT2D eigenvalue weighted by Gasteiger charge is 2.22. The van der Waals surface area contributed by atoms with Gasteiger partial charge in [-0.3, -0.25) is 14.4 Å². The van der Waals surface area contributed by atoms with E-state index in [1.54, 1.807) is 12.3 Å². The normalized spacial score (nSPS) is 11.8. The number of nitrogens with one attached hydrogen (secondary N) is 2. The second kappa shape index (κ2) is 7.82. The Morgan fingerprint density at radius 1 is 1.07 bits per heavy atom. The zero-order valence-electron chi connectivity index (χ0n) is 14.5. The zero-order chi connectivity index (χ0) is 19.4. The van der Waals surface area contributed by atoms with E-state index < -0.39 is 30.3 Å². The Hall–Kier alpha value is -3.48. The van der Waals surface area contributed by atoms with E-state index in [9.17, 15) is 18.8 Å². The maximum atomic E-state index is 13.5. The largest absolute Gasteiger partial charge is 0.453 e. The number of H-pyrrole nitrogens is 1. The highest BCUT2D eigenvalue weighted by molar-refractivity contribution is 6.10. The maximum Gasteiger partial charge on any atom is 0.326 e. The summed E-state index contributed by atoms with van der Waals surface area (Å²) in [7, 11) is 0. The minimum absolute atomic E-state index is 0.173. The molecule has 7 heteroatoms. The number of ketones is 1. The number of rotatable bonds is 6. The van der Waals surface area contributed by atoms with Crippen molar-refractivity contribution in [3.05, 3.63) is 71.7 Å². The van der Waals surface area contributed by atoms with Crippen molar-refractivity contribution in [2.75, 3.05) is 6.54 Å². The van der Waals surface area contributed by atoms with Gasteiger partial charge in [-0.2, -0.15) is 0 Å². The van der Waals surface area contributed by atoms with Crippen LogP contribution in [0.1, 0.15) is 27.6 Å². The number of hydrogen-bond donors (Lipinski definition) is 2. The Balaban J connectivity index is 1.58. The van der Waals surface area contributed by atoms with Crippen molar-refractivity contribution in [3.8, 4) is 0 Å². The summed E-state index contributed by atoms with van der Waals surface area (Å²) in [6.45, 7) is 0.985. The Morgan fingerprint density at radius 2 is 1.78 bits per heavy atom. The first kappa shape index (κ1) is 18.3. The number of benzene rings is 2. The molecule has 3 aromatic rings. The lowest BCUT2D eigenvalue weighted by molar-refractivity contribution is -0.145. The predicted octanol–water partition coefficient (Wildman–Crippen LogP) is 2.85. The van der Waals surface area contributed by atoms with Crippen LogP contribution in [-0.4, -0.2) is 35.3 Å². The zero-order valence-corrected chi connectivity index (χ0v) is 14.5. The van der Waals surface area contributed by atoms with Gasteiger partial charge in [0.15, 0.2) is 6.10 Å². The van der Waals surface area contributed by atoms with Crippen LogP contribution in [0.4, 0.5) is 4.39 Å². The summed E-state index contributed by atoms with van der Waals surface area (Å²) >= 11 is 0. The fourth-order valence-corrected chi connectivity index (χ4v) is 2.68. The third-order valence-electron chi connectivity index (χ3n) is 4.04. The Bertz CT molecular complexity index is 1010. The van der Waals surface area contributed by atoms with Crippen molar-refractivity contribution in [2.24, 2.45) is 0 Å². The topological polar surface area (TPSA) is 88.3 Å². The Morgan fingerprint density at radius 3 is 2.56 bits per heavy atom. The number of ether oxygens (including phenoxy) is 1. The van der Waals surface area contributed by atoms with E-state index in [1.165, 1.54) is 25.1 Å². The van der Waals surface area contributed by atoms with E-state index in [2.05, 4.69) is 10.3 Å². The molecule has 0 fully saturated rings. The van der Waals surface area contributed by atoms with E-state index in [0.717, 1.165) is 17.0 Å². The quantitative estimate of drug-likeness (QED) is 0.517. The second-order valence-electron chi connectivity index (χ2n) is 5.91. The number of Topliss-reactive ketones (excluding diaryl/α,β-unsaturated/α-hetero) is 1. The molecule has 27 heavy (non-hydrogen) atoms. The smallest absolute Gasteiger partial charge is 0.326 e. The van der Waals surface area contributed by atoms with Gasteiger partial charge >= 0.3 is 5.97 Å². The van der Waals surface area contributed by atoms with Crippen LogP contribution >= 0.6 is 0 Å². The number of esters is 1. The summed E-state index contributed by atoms with van der Waals surface area (Å²) < 4.78 is 18.6. The third kappa shape index (κ3) is 4.03. The minimum Gasteiger partial charge on any atom is -0.453 e. The molecule has 0 aliphatic carbocycles. The van der Waals surface area contributed by atoms with Gasteiger partial charge in [-0.15, -0.1) is 0 Å². The molecule has 1 aromatic heterocycles. The summed E-state index contributed by atoms with van der Waals surface area (Å²) in [4.78, 5) is 39.3. The second-order valence-corrected chi connectivity index (χ2v) is 5.91. The van der Waals surface area contributed by atoms with Gasteiger partial charge in [-0.25, -0.2) is 4.39 Å². The van der Waals surface area contributed by atoms with E-state index in [-0.39, 0.29) is 11.3 Å². The molecule has 2 aromatic carbocycles. The molecule has 0 saturated heterocycles. The van der Waals surface area contributed by atoms with Crippen molar-refractivity contribution < 1.29 is 23.5 Å². The highest BCUT2D eigenvalue weighted by Crippen LogP contribution is 2.19. The molecule has 0 aliphatic heterocycles. The lowest BCUT2D eigenvalue weighted by Gasteiger charge is -2.12. The maximum absolute atomic E-state index is 13.5. The number of fused-ring (bicyclic) bond motifs is 1. The van der Waals surface area contributed by atoms with Crippen LogP contribution in [0.5, 0.6) is 0 Å². The van der Waals surface area contributed by atoms with Crippen molar-refractivity contribution in [1.82, 2.24) is 10.3 Å². The average molecular weight is 368 g/mol. The SMILES string of the molecule is CC(OC(=O)CNC(=O)c1ccccc1F)C(=O)c1c[nH]c2ccccc12. The fourth-order valence-electron chi connectivity index (χ4n) is 2.68. The van der Waals surface area contributed by atoms with Crippen molar-refractivity contribution >= 4 is 28.6 Å². The monoisotopic (exact) mass is 368 g/mol. The molecule has 138 valence electrons. The van der Waals surface area contributed by atoms with Gasteiger partial charge in [0.05, 0.1) is 5.56 Å². The van der Waals surface area contributed by atoms with Crippen LogP contribution in [0, 0.1) is 5.82 Å². The first-order valence-corrected chi connectivity index (χ1v) is 8.30. The first-order valence-electron chi connectivity index (χ1n) is 8.30. The summed E-state index contributed by atoms with van der Waals surface area (Å²) in [6.07, 6.45) is 0.541. The van der Waals surface area contributed by atoms with Crippen molar-refractivity contribution in [1.29, 1.82) is 0 Å². The first-order chi connectivity index (χ1) is 13.0. The number of aromatic amines is 1. The average Bonchev–Trinajstić information content (AvgIpc) is 3.10. The number of carbonyl (C=O) groups is 3. The van der Waals surface area contributed by atoms with Crippen LogP contribution in [0.25, 0.3) is 10.9 Å². The molecular formula is C20H17FN2O4. The lowest BCUT2D eigenvalue weighted by atomic mass is 10.1. The molecule has 1 unspecified atom stereocenters. The number of amides is 1. The molecule has 6 nitrogen and oxygen atoms in total. The molecule has 0 spiro atoms. The molecule has 3 rings (SSSR count). The molecular weight excluding hydrogens is 351 g/mol. The standard InChI is InChI=1S/C20H17FN2O4/c1-12(19(25)15-10-22-17-9-5-3-6-13(15)17)27-18(24)11-23-20(26)14-7-2-4-8-16(14)21/h2-10,12,22H,11H2,1H3,(H,23,26). The van der Waals surface area contributed by atoms with E-state index in [0.29, 0.717) is 5.56 Å². The van der Waals surface area contributed by atoms with Gasteiger partial charge < -0.3 is 15.0 Å². The highest BCUT2D eigenvalue weighted by atomic mass is 19.1. The number of para-hydroxylation sites is 1. The molecule has 1 atom stereocenters. The van der Waals surface area contributed by atoms with Crippen LogP contribution in [0.3, 0.4) is 0 Å². The predicted molar refractivity (Wildman–Crippen MR) is 96.9 cm³/mol. The van der Waals surface area contributed by atoms with Crippen LogP contribution in [0.15, 0.2) is 54.7 Å². The minimum atomic E-state index is -1.03. The van der Waals surface area contributed by atoms with Gasteiger partial charge in [-0.1, -0.05) is 30.3 Å². The van der Waals surface area contributed by atoms with Crippen LogP contribution < -0.4 is 5.32 Å². The van der Waals surface area contributed by atoms with E-state index in [4.69, 9.17) is 4.74 Å². The molecule has 2 N–H and O–H groups in total. The summed E-state index contributed by atoms with van der Waals surface area (Å²) in [5, 5.41) is 3.01. The summed E-state index contributed by atoms with van der Waals surface area (Å²) in [5.41, 5.74) is 1.05. The molecule has 0 aliphatic rings. The summed E-state index contributed by atoms with van der Waals surface area (Å²) in [5.74, 6) is -2.58. The number of hydrogen-bond acceptors (Lipinski definition) is 4. The Labute approximate surface area is 154 Å². The number of aromatic nitrogens is 1.